The lowest BCUT2D eigenvalue weighted by molar-refractivity contribution is -0.120. The molecule has 8 heteroatoms. The van der Waals surface area contributed by atoms with Crippen LogP contribution >= 0.6 is 0 Å². The average molecular weight is 292 g/mol. The maximum absolute atomic E-state index is 12.4. The van der Waals surface area contributed by atoms with E-state index in [0.29, 0.717) is 6.54 Å². The van der Waals surface area contributed by atoms with Gasteiger partial charge in [0, 0.05) is 31.0 Å². The van der Waals surface area contributed by atoms with Crippen molar-refractivity contribution in [2.45, 2.75) is 26.1 Å². The summed E-state index contributed by atoms with van der Waals surface area (Å²) in [7, 11) is 0. The molecule has 0 bridgehead atoms. The highest BCUT2D eigenvalue weighted by Gasteiger charge is 2.31. The number of nitrogens with zero attached hydrogens (tertiary/aromatic N) is 3. The van der Waals surface area contributed by atoms with Crippen molar-refractivity contribution in [1.29, 1.82) is 0 Å². The third kappa shape index (κ3) is 6.16. The van der Waals surface area contributed by atoms with Crippen LogP contribution in [0.2, 0.25) is 0 Å². The predicted molar refractivity (Wildman–Crippen MR) is 69.4 cm³/mol. The Morgan fingerprint density at radius 2 is 1.95 bits per heavy atom. The molecule has 114 valence electrons. The normalized spacial score (nSPS) is 11.7. The van der Waals surface area contributed by atoms with Gasteiger partial charge in [-0.15, -0.1) is 0 Å². The smallest absolute Gasteiger partial charge is 0.395 e. The highest BCUT2D eigenvalue weighted by Crippen LogP contribution is 2.19. The fourth-order valence-corrected chi connectivity index (χ4v) is 1.60. The molecule has 0 spiro atoms. The lowest BCUT2D eigenvalue weighted by atomic mass is 10.3. The summed E-state index contributed by atoms with van der Waals surface area (Å²) < 4.78 is 37.2. The van der Waals surface area contributed by atoms with Gasteiger partial charge >= 0.3 is 6.18 Å². The number of anilines is 1. The minimum Gasteiger partial charge on any atom is -0.395 e. The first-order chi connectivity index (χ1) is 9.46. The Morgan fingerprint density at radius 1 is 1.30 bits per heavy atom. The summed E-state index contributed by atoms with van der Waals surface area (Å²) in [6, 6.07) is 0. The molecular formula is C12H19F3N4O. The highest BCUT2D eigenvalue weighted by molar-refractivity contribution is 5.30. The number of aliphatic hydroxyl groups excluding tert-OH is 1. The van der Waals surface area contributed by atoms with Gasteiger partial charge < -0.3 is 15.3 Å². The molecule has 0 radical (unpaired) electrons. The molecule has 0 aliphatic rings. The predicted octanol–water partition coefficient (Wildman–Crippen LogP) is 1.34. The Hall–Kier alpha value is -1.41. The van der Waals surface area contributed by atoms with Crippen LogP contribution in [0.3, 0.4) is 0 Å². The van der Waals surface area contributed by atoms with Crippen molar-refractivity contribution in [2.24, 2.45) is 0 Å². The van der Waals surface area contributed by atoms with Crippen LogP contribution in [0.4, 0.5) is 19.1 Å². The first-order valence-electron chi connectivity index (χ1n) is 6.40. The molecule has 0 saturated heterocycles. The van der Waals surface area contributed by atoms with E-state index in [-0.39, 0.29) is 19.1 Å². The molecule has 1 rings (SSSR count). The van der Waals surface area contributed by atoms with Gasteiger partial charge in [0.2, 0.25) is 5.95 Å². The van der Waals surface area contributed by atoms with Crippen LogP contribution in [-0.2, 0) is 6.54 Å². The zero-order chi connectivity index (χ0) is 15.0. The first-order valence-corrected chi connectivity index (χ1v) is 6.40. The van der Waals surface area contributed by atoms with Crippen molar-refractivity contribution in [1.82, 2.24) is 15.3 Å². The minimum atomic E-state index is -4.36. The summed E-state index contributed by atoms with van der Waals surface area (Å²) >= 11 is 0. The van der Waals surface area contributed by atoms with E-state index in [0.717, 1.165) is 23.4 Å². The average Bonchev–Trinajstić information content (AvgIpc) is 2.38. The molecule has 0 fully saturated rings. The van der Waals surface area contributed by atoms with Crippen molar-refractivity contribution in [2.75, 3.05) is 31.1 Å². The Kier molecular flexibility index (Phi) is 6.66. The standard InChI is InChI=1S/C12H19F3N4O/c1-2-3-16-6-10-7-17-11(18-8-10)19(4-5-20)9-12(13,14)15/h7-8,16,20H,2-6,9H2,1H3. The number of aliphatic hydroxyl groups is 1. The molecule has 0 aliphatic carbocycles. The fourth-order valence-electron chi connectivity index (χ4n) is 1.60. The third-order valence-electron chi connectivity index (χ3n) is 2.47. The topological polar surface area (TPSA) is 61.3 Å². The lowest BCUT2D eigenvalue weighted by Gasteiger charge is -2.22. The van der Waals surface area contributed by atoms with Crippen LogP contribution in [0, 0.1) is 0 Å². The summed E-state index contributed by atoms with van der Waals surface area (Å²) in [5, 5.41) is 12.0. The molecule has 5 nitrogen and oxygen atoms in total. The number of hydrogen-bond donors (Lipinski definition) is 2. The molecule has 0 atom stereocenters. The number of nitrogens with one attached hydrogen (secondary N) is 1. The van der Waals surface area contributed by atoms with Crippen LogP contribution in [0.25, 0.3) is 0 Å². The van der Waals surface area contributed by atoms with E-state index in [1.54, 1.807) is 0 Å². The van der Waals surface area contributed by atoms with E-state index in [1.807, 2.05) is 6.92 Å². The van der Waals surface area contributed by atoms with Crippen molar-refractivity contribution in [3.8, 4) is 0 Å². The molecule has 2 N–H and O–H groups in total. The van der Waals surface area contributed by atoms with Crippen molar-refractivity contribution >= 4 is 5.95 Å². The molecule has 0 saturated carbocycles. The third-order valence-corrected chi connectivity index (χ3v) is 2.47. The summed E-state index contributed by atoms with van der Waals surface area (Å²) in [6.07, 6.45) is -0.383. The van der Waals surface area contributed by atoms with E-state index in [1.165, 1.54) is 12.4 Å². The van der Waals surface area contributed by atoms with Gasteiger partial charge in [0.15, 0.2) is 0 Å². The molecule has 1 aromatic rings. The largest absolute Gasteiger partial charge is 0.406 e. The van der Waals surface area contributed by atoms with Gasteiger partial charge in [-0.1, -0.05) is 6.92 Å². The second-order valence-electron chi connectivity index (χ2n) is 4.33. The maximum atomic E-state index is 12.4. The van der Waals surface area contributed by atoms with Gasteiger partial charge in [0.05, 0.1) is 6.61 Å². The van der Waals surface area contributed by atoms with E-state index >= 15 is 0 Å². The van der Waals surface area contributed by atoms with Gasteiger partial charge in [-0.25, -0.2) is 9.97 Å². The number of alkyl halides is 3. The van der Waals surface area contributed by atoms with Gasteiger partial charge in [-0.05, 0) is 13.0 Å². The Labute approximate surface area is 115 Å². The zero-order valence-electron chi connectivity index (χ0n) is 11.3. The van der Waals surface area contributed by atoms with Crippen molar-refractivity contribution in [3.63, 3.8) is 0 Å². The van der Waals surface area contributed by atoms with Crippen LogP contribution < -0.4 is 10.2 Å². The Balaban J connectivity index is 2.67. The number of aromatic nitrogens is 2. The first kappa shape index (κ1) is 16.6. The Morgan fingerprint density at radius 3 is 2.45 bits per heavy atom. The van der Waals surface area contributed by atoms with Crippen LogP contribution in [0.5, 0.6) is 0 Å². The maximum Gasteiger partial charge on any atom is 0.406 e. The minimum absolute atomic E-state index is 0.0318. The number of hydrogen-bond acceptors (Lipinski definition) is 5. The summed E-state index contributed by atoms with van der Waals surface area (Å²) in [6.45, 7) is 1.74. The monoisotopic (exact) mass is 292 g/mol. The van der Waals surface area contributed by atoms with Crippen LogP contribution in [0.15, 0.2) is 12.4 Å². The van der Waals surface area contributed by atoms with Gasteiger partial charge in [-0.3, -0.25) is 0 Å². The van der Waals surface area contributed by atoms with E-state index in [2.05, 4.69) is 15.3 Å². The summed E-state index contributed by atoms with van der Waals surface area (Å²) in [5.74, 6) is -0.0318. The quantitative estimate of drug-likeness (QED) is 0.708. The van der Waals surface area contributed by atoms with E-state index in [4.69, 9.17) is 5.11 Å². The van der Waals surface area contributed by atoms with E-state index < -0.39 is 12.7 Å². The highest BCUT2D eigenvalue weighted by atomic mass is 19.4. The second-order valence-corrected chi connectivity index (χ2v) is 4.33. The molecule has 1 heterocycles. The van der Waals surface area contributed by atoms with Crippen molar-refractivity contribution < 1.29 is 18.3 Å². The van der Waals surface area contributed by atoms with Gasteiger partial charge in [0.25, 0.3) is 0 Å². The van der Waals surface area contributed by atoms with E-state index in [9.17, 15) is 13.2 Å². The number of halogens is 3. The molecule has 20 heavy (non-hydrogen) atoms. The molecule has 0 amide bonds. The van der Waals surface area contributed by atoms with Gasteiger partial charge in [-0.2, -0.15) is 13.2 Å². The van der Waals surface area contributed by atoms with Crippen LogP contribution in [-0.4, -0.2) is 47.5 Å². The van der Waals surface area contributed by atoms with Crippen molar-refractivity contribution in [3.05, 3.63) is 18.0 Å². The van der Waals surface area contributed by atoms with Crippen LogP contribution in [0.1, 0.15) is 18.9 Å². The Bertz CT molecular complexity index is 383. The zero-order valence-corrected chi connectivity index (χ0v) is 11.3. The number of rotatable bonds is 8. The SMILES string of the molecule is CCCNCc1cnc(N(CCO)CC(F)(F)F)nc1. The molecule has 0 aromatic carbocycles. The fraction of sp³-hybridized carbons (Fsp3) is 0.667. The summed E-state index contributed by atoms with van der Waals surface area (Å²) in [4.78, 5) is 8.75. The molecular weight excluding hydrogens is 273 g/mol. The van der Waals surface area contributed by atoms with Gasteiger partial charge in [0.1, 0.15) is 6.54 Å². The molecule has 1 aromatic heterocycles. The second kappa shape index (κ2) is 8.01. The molecule has 0 aliphatic heterocycles. The lowest BCUT2D eigenvalue weighted by Crippen LogP contribution is -2.37. The summed E-state index contributed by atoms with van der Waals surface area (Å²) in [5.41, 5.74) is 0.804. The molecule has 0 unspecified atom stereocenters.